The Morgan fingerprint density at radius 1 is 1.43 bits per heavy atom. The minimum atomic E-state index is -0.860. The van der Waals surface area contributed by atoms with E-state index < -0.39 is 5.97 Å². The van der Waals surface area contributed by atoms with E-state index in [2.05, 4.69) is 24.1 Å². The Bertz CT molecular complexity index is 688. The van der Waals surface area contributed by atoms with E-state index in [1.807, 2.05) is 6.07 Å². The van der Waals surface area contributed by atoms with Gasteiger partial charge in [0.15, 0.2) is 0 Å². The van der Waals surface area contributed by atoms with Crippen molar-refractivity contribution in [2.75, 3.05) is 0 Å². The molecule has 112 valence electrons. The lowest BCUT2D eigenvalue weighted by molar-refractivity contribution is 0.0699. The van der Waals surface area contributed by atoms with Crippen molar-refractivity contribution < 1.29 is 9.90 Å². The van der Waals surface area contributed by atoms with Gasteiger partial charge in [-0.3, -0.25) is 0 Å². The van der Waals surface area contributed by atoms with E-state index in [-0.39, 0.29) is 0 Å². The van der Waals surface area contributed by atoms with Crippen LogP contribution >= 0.6 is 0 Å². The van der Waals surface area contributed by atoms with Crippen LogP contribution in [0.1, 0.15) is 53.9 Å². The molecule has 0 amide bonds. The molecule has 1 unspecified atom stereocenters. The number of carboxylic acids is 1. The summed E-state index contributed by atoms with van der Waals surface area (Å²) in [5, 5.41) is 14.0. The van der Waals surface area contributed by atoms with Crippen molar-refractivity contribution in [1.82, 2.24) is 10.3 Å². The van der Waals surface area contributed by atoms with Crippen LogP contribution < -0.4 is 5.32 Å². The minimum absolute atomic E-state index is 0.382. The molecule has 2 aromatic rings. The molecular weight excluding hydrogens is 264 g/mol. The number of fused-ring (bicyclic) bond motifs is 3. The molecule has 0 spiro atoms. The summed E-state index contributed by atoms with van der Waals surface area (Å²) in [6, 6.07) is 4.17. The highest BCUT2D eigenvalue weighted by Gasteiger charge is 2.23. The second-order valence-electron chi connectivity index (χ2n) is 6.00. The molecule has 0 aliphatic carbocycles. The van der Waals surface area contributed by atoms with Gasteiger partial charge >= 0.3 is 5.97 Å². The van der Waals surface area contributed by atoms with E-state index in [1.165, 1.54) is 16.8 Å². The summed E-state index contributed by atoms with van der Waals surface area (Å²) in [6.45, 7) is 5.15. The van der Waals surface area contributed by atoms with Crippen LogP contribution in [0.25, 0.3) is 10.9 Å². The smallest absolute Gasteiger partial charge is 0.337 e. The van der Waals surface area contributed by atoms with E-state index >= 15 is 0 Å². The average Bonchev–Trinajstić information content (AvgIpc) is 2.82. The van der Waals surface area contributed by atoms with E-state index in [1.54, 1.807) is 6.07 Å². The van der Waals surface area contributed by atoms with Gasteiger partial charge in [-0.2, -0.15) is 0 Å². The summed E-state index contributed by atoms with van der Waals surface area (Å²) < 4.78 is 0. The molecule has 1 atom stereocenters. The van der Waals surface area contributed by atoms with Gasteiger partial charge in [0.1, 0.15) is 0 Å². The molecule has 1 aromatic carbocycles. The Balaban J connectivity index is 2.21. The first-order chi connectivity index (χ1) is 10.1. The average molecular weight is 286 g/mol. The van der Waals surface area contributed by atoms with E-state index in [4.69, 9.17) is 0 Å². The zero-order chi connectivity index (χ0) is 15.0. The second-order valence-corrected chi connectivity index (χ2v) is 6.00. The maximum Gasteiger partial charge on any atom is 0.337 e. The van der Waals surface area contributed by atoms with Crippen LogP contribution in [-0.4, -0.2) is 22.1 Å². The van der Waals surface area contributed by atoms with Gasteiger partial charge in [0, 0.05) is 30.1 Å². The SMILES string of the molecule is CCCCc1ccc(C(=O)O)c2[nH]c3c(c12)CNC(C)C3. The van der Waals surface area contributed by atoms with Crippen LogP contribution in [-0.2, 0) is 19.4 Å². The molecule has 1 aliphatic heterocycles. The zero-order valence-corrected chi connectivity index (χ0v) is 12.6. The number of nitrogens with one attached hydrogen (secondary N) is 2. The van der Waals surface area contributed by atoms with Crippen molar-refractivity contribution in [2.45, 2.75) is 52.1 Å². The number of unbranched alkanes of at least 4 members (excludes halogenated alkanes) is 1. The maximum atomic E-state index is 11.5. The predicted molar refractivity (Wildman–Crippen MR) is 83.9 cm³/mol. The molecule has 0 saturated carbocycles. The maximum absolute atomic E-state index is 11.5. The van der Waals surface area contributed by atoms with Crippen LogP contribution in [0.4, 0.5) is 0 Å². The first-order valence-electron chi connectivity index (χ1n) is 7.73. The molecule has 0 fully saturated rings. The predicted octanol–water partition coefficient (Wildman–Crippen LogP) is 3.24. The van der Waals surface area contributed by atoms with Gasteiger partial charge in [-0.1, -0.05) is 19.4 Å². The normalized spacial score (nSPS) is 17.9. The van der Waals surface area contributed by atoms with Gasteiger partial charge in [-0.25, -0.2) is 4.79 Å². The third-order valence-corrected chi connectivity index (χ3v) is 4.40. The van der Waals surface area contributed by atoms with E-state index in [0.717, 1.165) is 43.1 Å². The molecule has 2 heterocycles. The zero-order valence-electron chi connectivity index (χ0n) is 12.6. The lowest BCUT2D eigenvalue weighted by Crippen LogP contribution is -2.32. The summed E-state index contributed by atoms with van der Waals surface area (Å²) in [6.07, 6.45) is 4.21. The van der Waals surface area contributed by atoms with Crippen LogP contribution in [0.15, 0.2) is 12.1 Å². The molecule has 4 nitrogen and oxygen atoms in total. The van der Waals surface area contributed by atoms with Crippen molar-refractivity contribution in [2.24, 2.45) is 0 Å². The molecular formula is C17H22N2O2. The number of benzene rings is 1. The van der Waals surface area contributed by atoms with E-state index in [0.29, 0.717) is 11.6 Å². The van der Waals surface area contributed by atoms with Crippen molar-refractivity contribution in [3.8, 4) is 0 Å². The summed E-state index contributed by atoms with van der Waals surface area (Å²) in [4.78, 5) is 14.9. The number of hydrogen-bond donors (Lipinski definition) is 3. The monoisotopic (exact) mass is 286 g/mol. The van der Waals surface area contributed by atoms with E-state index in [9.17, 15) is 9.90 Å². The molecule has 1 aromatic heterocycles. The molecule has 3 N–H and O–H groups in total. The van der Waals surface area contributed by atoms with Crippen LogP contribution in [0, 0.1) is 0 Å². The van der Waals surface area contributed by atoms with Crippen molar-refractivity contribution in [1.29, 1.82) is 0 Å². The molecule has 21 heavy (non-hydrogen) atoms. The topological polar surface area (TPSA) is 65.1 Å². The highest BCUT2D eigenvalue weighted by Crippen LogP contribution is 2.32. The number of rotatable bonds is 4. The number of aryl methyl sites for hydroxylation is 1. The molecule has 0 bridgehead atoms. The van der Waals surface area contributed by atoms with Gasteiger partial charge in [-0.15, -0.1) is 0 Å². The Kier molecular flexibility index (Phi) is 3.72. The summed E-state index contributed by atoms with van der Waals surface area (Å²) in [5.74, 6) is -0.860. The minimum Gasteiger partial charge on any atom is -0.478 e. The van der Waals surface area contributed by atoms with Gasteiger partial charge in [0.05, 0.1) is 11.1 Å². The fourth-order valence-electron chi connectivity index (χ4n) is 3.28. The summed E-state index contributed by atoms with van der Waals surface area (Å²) >= 11 is 0. The first-order valence-corrected chi connectivity index (χ1v) is 7.73. The number of aromatic amines is 1. The number of hydrogen-bond acceptors (Lipinski definition) is 2. The lowest BCUT2D eigenvalue weighted by atomic mass is 9.95. The Labute approximate surface area is 124 Å². The highest BCUT2D eigenvalue weighted by molar-refractivity contribution is 6.04. The van der Waals surface area contributed by atoms with Gasteiger partial charge < -0.3 is 15.4 Å². The third kappa shape index (κ3) is 2.44. The van der Waals surface area contributed by atoms with Crippen LogP contribution in [0.2, 0.25) is 0 Å². The van der Waals surface area contributed by atoms with Crippen LogP contribution in [0.5, 0.6) is 0 Å². The summed E-state index contributed by atoms with van der Waals surface area (Å²) in [5.41, 5.74) is 4.91. The quantitative estimate of drug-likeness (QED) is 0.808. The van der Waals surface area contributed by atoms with Crippen molar-refractivity contribution in [3.63, 3.8) is 0 Å². The molecule has 0 radical (unpaired) electrons. The van der Waals surface area contributed by atoms with Crippen molar-refractivity contribution in [3.05, 3.63) is 34.5 Å². The Morgan fingerprint density at radius 3 is 2.95 bits per heavy atom. The number of aromatic nitrogens is 1. The van der Waals surface area contributed by atoms with Gasteiger partial charge in [-0.05, 0) is 37.0 Å². The van der Waals surface area contributed by atoms with Gasteiger partial charge in [0.2, 0.25) is 0 Å². The summed E-state index contributed by atoms with van der Waals surface area (Å²) in [7, 11) is 0. The largest absolute Gasteiger partial charge is 0.478 e. The molecule has 1 aliphatic rings. The fraction of sp³-hybridized carbons (Fsp3) is 0.471. The second kappa shape index (κ2) is 5.53. The first kappa shape index (κ1) is 14.1. The molecule has 4 heteroatoms. The Hall–Kier alpha value is -1.81. The number of carboxylic acid groups (broad SMARTS) is 1. The van der Waals surface area contributed by atoms with Crippen LogP contribution in [0.3, 0.4) is 0 Å². The standard InChI is InChI=1S/C17H22N2O2/c1-3-4-5-11-6-7-12(17(20)21)16-15(11)13-9-18-10(2)8-14(13)19-16/h6-7,10,18-19H,3-5,8-9H2,1-2H3,(H,20,21). The molecule has 0 saturated heterocycles. The number of carbonyl (C=O) groups is 1. The number of aromatic carboxylic acids is 1. The highest BCUT2D eigenvalue weighted by atomic mass is 16.4. The lowest BCUT2D eigenvalue weighted by Gasteiger charge is -2.20. The molecule has 3 rings (SSSR count). The third-order valence-electron chi connectivity index (χ3n) is 4.40. The van der Waals surface area contributed by atoms with Gasteiger partial charge in [0.25, 0.3) is 0 Å². The fourth-order valence-corrected chi connectivity index (χ4v) is 3.28. The Morgan fingerprint density at radius 2 is 2.24 bits per heavy atom. The van der Waals surface area contributed by atoms with Crippen molar-refractivity contribution >= 4 is 16.9 Å². The number of H-pyrrole nitrogens is 1.